The molecule has 0 aliphatic carbocycles. The number of aromatic nitrogens is 1. The molecular formula is C17H18N2S2. The van der Waals surface area contributed by atoms with Crippen molar-refractivity contribution in [3.63, 3.8) is 0 Å². The molecule has 21 heavy (non-hydrogen) atoms. The van der Waals surface area contributed by atoms with Crippen LogP contribution in [0.1, 0.15) is 30.2 Å². The molecule has 2 aromatic heterocycles. The summed E-state index contributed by atoms with van der Waals surface area (Å²) in [6.07, 6.45) is 0. The molecule has 108 valence electrons. The van der Waals surface area contributed by atoms with E-state index in [1.54, 1.807) is 22.7 Å². The van der Waals surface area contributed by atoms with Crippen LogP contribution in [0.25, 0.3) is 11.3 Å². The normalized spacial score (nSPS) is 11.0. The van der Waals surface area contributed by atoms with Gasteiger partial charge in [0.2, 0.25) is 0 Å². The van der Waals surface area contributed by atoms with Crippen molar-refractivity contribution in [2.24, 2.45) is 0 Å². The zero-order chi connectivity index (χ0) is 14.7. The second kappa shape index (κ2) is 6.41. The van der Waals surface area contributed by atoms with Gasteiger partial charge in [0.15, 0.2) is 5.13 Å². The van der Waals surface area contributed by atoms with Crippen LogP contribution in [0.3, 0.4) is 0 Å². The van der Waals surface area contributed by atoms with E-state index in [9.17, 15) is 0 Å². The third-order valence-electron chi connectivity index (χ3n) is 3.36. The fraction of sp³-hybridized carbons (Fsp3) is 0.235. The van der Waals surface area contributed by atoms with E-state index in [2.05, 4.69) is 66.3 Å². The molecule has 0 radical (unpaired) electrons. The third-order valence-corrected chi connectivity index (χ3v) is 5.03. The number of rotatable bonds is 5. The second-order valence-corrected chi connectivity index (χ2v) is 7.10. The first kappa shape index (κ1) is 14.3. The van der Waals surface area contributed by atoms with Crippen molar-refractivity contribution >= 4 is 27.8 Å². The van der Waals surface area contributed by atoms with E-state index in [0.29, 0.717) is 5.92 Å². The van der Waals surface area contributed by atoms with Gasteiger partial charge in [0.1, 0.15) is 0 Å². The lowest BCUT2D eigenvalue weighted by Crippen LogP contribution is -1.97. The van der Waals surface area contributed by atoms with Crippen LogP contribution < -0.4 is 5.32 Å². The number of thiazole rings is 1. The third kappa shape index (κ3) is 3.34. The maximum atomic E-state index is 4.74. The standard InChI is InChI=1S/C17H18N2S2/c1-12(2)14-7-3-4-8-15(14)16-11-21-17(19-16)18-10-13-6-5-9-20-13/h3-9,11-12H,10H2,1-2H3,(H,18,19). The van der Waals surface area contributed by atoms with Crippen LogP contribution in [0.5, 0.6) is 0 Å². The summed E-state index contributed by atoms with van der Waals surface area (Å²) in [5, 5.41) is 8.62. The van der Waals surface area contributed by atoms with Crippen LogP contribution in [0.15, 0.2) is 47.2 Å². The van der Waals surface area contributed by atoms with Gasteiger partial charge in [-0.1, -0.05) is 44.2 Å². The molecule has 2 nitrogen and oxygen atoms in total. The quantitative estimate of drug-likeness (QED) is 0.662. The van der Waals surface area contributed by atoms with E-state index in [1.165, 1.54) is 16.0 Å². The second-order valence-electron chi connectivity index (χ2n) is 5.21. The topological polar surface area (TPSA) is 24.9 Å². The van der Waals surface area contributed by atoms with Crippen molar-refractivity contribution in [2.45, 2.75) is 26.3 Å². The Labute approximate surface area is 133 Å². The van der Waals surface area contributed by atoms with Crippen LogP contribution in [0, 0.1) is 0 Å². The zero-order valence-electron chi connectivity index (χ0n) is 12.2. The number of anilines is 1. The fourth-order valence-electron chi connectivity index (χ4n) is 2.29. The summed E-state index contributed by atoms with van der Waals surface area (Å²) in [6, 6.07) is 12.8. The van der Waals surface area contributed by atoms with Crippen LogP contribution in [-0.2, 0) is 6.54 Å². The van der Waals surface area contributed by atoms with Gasteiger partial charge in [-0.3, -0.25) is 0 Å². The zero-order valence-corrected chi connectivity index (χ0v) is 13.8. The molecule has 0 fully saturated rings. The summed E-state index contributed by atoms with van der Waals surface area (Å²) < 4.78 is 0. The van der Waals surface area contributed by atoms with Gasteiger partial charge in [0, 0.05) is 15.8 Å². The first-order valence-electron chi connectivity index (χ1n) is 7.05. The van der Waals surface area contributed by atoms with E-state index in [0.717, 1.165) is 17.4 Å². The largest absolute Gasteiger partial charge is 0.357 e. The van der Waals surface area contributed by atoms with Gasteiger partial charge in [-0.15, -0.1) is 22.7 Å². The number of nitrogens with one attached hydrogen (secondary N) is 1. The first-order chi connectivity index (χ1) is 10.2. The minimum Gasteiger partial charge on any atom is -0.357 e. The maximum absolute atomic E-state index is 4.74. The van der Waals surface area contributed by atoms with E-state index >= 15 is 0 Å². The maximum Gasteiger partial charge on any atom is 0.183 e. The minimum absolute atomic E-state index is 0.505. The molecule has 4 heteroatoms. The Bertz CT molecular complexity index is 699. The minimum atomic E-state index is 0.505. The van der Waals surface area contributed by atoms with Gasteiger partial charge in [0.25, 0.3) is 0 Å². The van der Waals surface area contributed by atoms with Crippen LogP contribution in [-0.4, -0.2) is 4.98 Å². The summed E-state index contributed by atoms with van der Waals surface area (Å²) in [7, 11) is 0. The predicted molar refractivity (Wildman–Crippen MR) is 93.3 cm³/mol. The highest BCUT2D eigenvalue weighted by Gasteiger charge is 2.11. The Morgan fingerprint density at radius 1 is 1.10 bits per heavy atom. The summed E-state index contributed by atoms with van der Waals surface area (Å²) in [5.41, 5.74) is 3.67. The number of benzene rings is 1. The van der Waals surface area contributed by atoms with E-state index in [1.807, 2.05) is 0 Å². The molecular weight excluding hydrogens is 296 g/mol. The molecule has 2 heterocycles. The molecule has 0 saturated carbocycles. The summed E-state index contributed by atoms with van der Waals surface area (Å²) in [6.45, 7) is 5.29. The van der Waals surface area contributed by atoms with Gasteiger partial charge in [-0.2, -0.15) is 0 Å². The Kier molecular flexibility index (Phi) is 4.36. The Morgan fingerprint density at radius 2 is 1.95 bits per heavy atom. The lowest BCUT2D eigenvalue weighted by molar-refractivity contribution is 0.868. The first-order valence-corrected chi connectivity index (χ1v) is 8.81. The SMILES string of the molecule is CC(C)c1ccccc1-c1csc(NCc2cccs2)n1. The highest BCUT2D eigenvalue weighted by atomic mass is 32.1. The molecule has 0 aliphatic heterocycles. The van der Waals surface area contributed by atoms with Crippen molar-refractivity contribution in [2.75, 3.05) is 5.32 Å². The van der Waals surface area contributed by atoms with Gasteiger partial charge in [-0.05, 0) is 22.9 Å². The molecule has 0 spiro atoms. The molecule has 0 amide bonds. The number of nitrogens with zero attached hydrogens (tertiary/aromatic N) is 1. The Balaban J connectivity index is 1.78. The fourth-order valence-corrected chi connectivity index (χ4v) is 3.64. The lowest BCUT2D eigenvalue weighted by atomic mass is 9.96. The summed E-state index contributed by atoms with van der Waals surface area (Å²) in [4.78, 5) is 6.06. The van der Waals surface area contributed by atoms with Crippen molar-refractivity contribution < 1.29 is 0 Å². The molecule has 0 aliphatic rings. The summed E-state index contributed by atoms with van der Waals surface area (Å²) in [5.74, 6) is 0.505. The number of hydrogen-bond acceptors (Lipinski definition) is 4. The molecule has 3 rings (SSSR count). The number of thiophene rings is 1. The van der Waals surface area contributed by atoms with Gasteiger partial charge >= 0.3 is 0 Å². The summed E-state index contributed by atoms with van der Waals surface area (Å²) >= 11 is 3.44. The van der Waals surface area contributed by atoms with Crippen molar-refractivity contribution in [1.82, 2.24) is 4.98 Å². The van der Waals surface area contributed by atoms with Crippen molar-refractivity contribution in [3.8, 4) is 11.3 Å². The van der Waals surface area contributed by atoms with Gasteiger partial charge in [-0.25, -0.2) is 4.98 Å². The monoisotopic (exact) mass is 314 g/mol. The predicted octanol–water partition coefficient (Wildman–Crippen LogP) is 5.61. The van der Waals surface area contributed by atoms with Crippen molar-refractivity contribution in [3.05, 3.63) is 57.6 Å². The highest BCUT2D eigenvalue weighted by molar-refractivity contribution is 7.14. The van der Waals surface area contributed by atoms with Gasteiger partial charge < -0.3 is 5.32 Å². The van der Waals surface area contributed by atoms with Crippen molar-refractivity contribution in [1.29, 1.82) is 0 Å². The average Bonchev–Trinajstić information content (AvgIpc) is 3.16. The van der Waals surface area contributed by atoms with Gasteiger partial charge in [0.05, 0.1) is 12.2 Å². The van der Waals surface area contributed by atoms with E-state index in [-0.39, 0.29) is 0 Å². The smallest absolute Gasteiger partial charge is 0.183 e. The molecule has 0 saturated heterocycles. The lowest BCUT2D eigenvalue weighted by Gasteiger charge is -2.10. The molecule has 1 N–H and O–H groups in total. The van der Waals surface area contributed by atoms with E-state index in [4.69, 9.17) is 4.98 Å². The Hall–Kier alpha value is -1.65. The molecule has 0 atom stereocenters. The number of hydrogen-bond donors (Lipinski definition) is 1. The van der Waals surface area contributed by atoms with E-state index < -0.39 is 0 Å². The van der Waals surface area contributed by atoms with Crippen LogP contribution in [0.2, 0.25) is 0 Å². The molecule has 0 unspecified atom stereocenters. The average molecular weight is 314 g/mol. The van der Waals surface area contributed by atoms with Crippen LogP contribution in [0.4, 0.5) is 5.13 Å². The highest BCUT2D eigenvalue weighted by Crippen LogP contribution is 2.31. The molecule has 1 aromatic carbocycles. The molecule has 3 aromatic rings. The Morgan fingerprint density at radius 3 is 2.71 bits per heavy atom. The molecule has 0 bridgehead atoms. The van der Waals surface area contributed by atoms with Crippen LogP contribution >= 0.6 is 22.7 Å².